The lowest BCUT2D eigenvalue weighted by Crippen LogP contribution is -2.61. The Kier molecular flexibility index (Phi) is 4.00. The van der Waals surface area contributed by atoms with E-state index >= 15 is 0 Å². The van der Waals surface area contributed by atoms with Crippen LogP contribution < -0.4 is 9.80 Å². The number of hydrogen-bond acceptors (Lipinski definition) is 4. The van der Waals surface area contributed by atoms with Gasteiger partial charge in [-0.25, -0.2) is 9.67 Å². The summed E-state index contributed by atoms with van der Waals surface area (Å²) in [6.45, 7) is 11.9. The largest absolute Gasteiger partial charge is 0.352 e. The molecule has 7 rings (SSSR count). The molecule has 1 fully saturated rings. The lowest BCUT2D eigenvalue weighted by Gasteiger charge is -2.55. The fourth-order valence-electron chi connectivity index (χ4n) is 5.99. The predicted molar refractivity (Wildman–Crippen MR) is 130 cm³/mol. The van der Waals surface area contributed by atoms with Crippen LogP contribution in [0, 0.1) is 12.8 Å². The lowest BCUT2D eigenvalue weighted by atomic mass is 9.59. The Morgan fingerprint density at radius 1 is 1.09 bits per heavy atom. The molecule has 1 aromatic heterocycles. The van der Waals surface area contributed by atoms with Gasteiger partial charge in [0.2, 0.25) is 0 Å². The monoisotopic (exact) mass is 421 g/mol. The number of nitrogens with zero attached hydrogens (tertiary/aromatic N) is 5. The van der Waals surface area contributed by atoms with E-state index in [4.69, 9.17) is 10.1 Å². The van der Waals surface area contributed by atoms with Crippen LogP contribution in [0.4, 0.5) is 11.4 Å². The Labute approximate surface area is 189 Å². The highest BCUT2D eigenvalue weighted by molar-refractivity contribution is 5.78. The minimum Gasteiger partial charge on any atom is -0.352 e. The molecule has 4 heterocycles. The first kappa shape index (κ1) is 19.1. The maximum absolute atomic E-state index is 4.81. The second-order valence-corrected chi connectivity index (χ2v) is 9.05. The van der Waals surface area contributed by atoms with Gasteiger partial charge in [0.15, 0.2) is 5.82 Å². The van der Waals surface area contributed by atoms with E-state index < -0.39 is 5.54 Å². The molecule has 5 heteroatoms. The number of hydrogen-bond donors (Lipinski definition) is 0. The molecular weight excluding hydrogens is 394 g/mol. The van der Waals surface area contributed by atoms with Crippen LogP contribution in [-0.2, 0) is 5.54 Å². The van der Waals surface area contributed by atoms with E-state index in [9.17, 15) is 0 Å². The standard InChI is InChI=1S/C27H27N5/c1-5-22-26-30(4)23-12-8-9-13-24(23)31(26)15-14-20-16-27(22,19(20)3)32-25(28-17-29-32)21-11-7-6-10-18(21)2/h5-14,17,22,26H,1,3,15-16H2,2,4H3. The summed E-state index contributed by atoms with van der Waals surface area (Å²) in [6, 6.07) is 17.0. The number of aromatic nitrogens is 3. The van der Waals surface area contributed by atoms with Gasteiger partial charge in [-0.1, -0.05) is 55.1 Å². The van der Waals surface area contributed by atoms with Gasteiger partial charge in [-0.2, -0.15) is 5.10 Å². The number of rotatable bonds is 3. The lowest BCUT2D eigenvalue weighted by molar-refractivity contribution is 0.165. The molecule has 0 radical (unpaired) electrons. The van der Waals surface area contributed by atoms with Gasteiger partial charge >= 0.3 is 0 Å². The van der Waals surface area contributed by atoms with E-state index in [1.807, 2.05) is 0 Å². The number of para-hydroxylation sites is 2. The quantitative estimate of drug-likeness (QED) is 0.562. The summed E-state index contributed by atoms with van der Waals surface area (Å²) in [5.74, 6) is 0.967. The van der Waals surface area contributed by atoms with Crippen molar-refractivity contribution in [3.8, 4) is 11.4 Å². The SMILES string of the molecule is C=CC1C2N(C)c3ccccc3N2CC=C2CC1(n1ncnc1-c1ccccc1C)C2=C. The van der Waals surface area contributed by atoms with E-state index in [2.05, 4.69) is 102 Å². The molecule has 5 nitrogen and oxygen atoms in total. The van der Waals surface area contributed by atoms with Crippen LogP contribution in [0.2, 0.25) is 0 Å². The maximum atomic E-state index is 4.81. The topological polar surface area (TPSA) is 37.2 Å². The molecule has 3 unspecified atom stereocenters. The van der Waals surface area contributed by atoms with E-state index in [1.165, 1.54) is 22.5 Å². The molecule has 3 atom stereocenters. The van der Waals surface area contributed by atoms with Crippen molar-refractivity contribution in [3.63, 3.8) is 0 Å². The molecule has 2 bridgehead atoms. The van der Waals surface area contributed by atoms with Crippen LogP contribution in [0.3, 0.4) is 0 Å². The third kappa shape index (κ3) is 2.28. The van der Waals surface area contributed by atoms with Crippen LogP contribution >= 0.6 is 0 Å². The van der Waals surface area contributed by atoms with Crippen molar-refractivity contribution in [1.29, 1.82) is 0 Å². The van der Waals surface area contributed by atoms with E-state index in [-0.39, 0.29) is 12.1 Å². The second kappa shape index (κ2) is 6.70. The van der Waals surface area contributed by atoms with Gasteiger partial charge in [0.1, 0.15) is 18.0 Å². The highest BCUT2D eigenvalue weighted by atomic mass is 15.4. The molecule has 0 saturated heterocycles. The van der Waals surface area contributed by atoms with Crippen molar-refractivity contribution in [3.05, 3.63) is 96.9 Å². The fourth-order valence-corrected chi connectivity index (χ4v) is 5.99. The van der Waals surface area contributed by atoms with Gasteiger partial charge in [-0.3, -0.25) is 0 Å². The molecule has 160 valence electrons. The molecule has 0 amide bonds. The third-order valence-electron chi connectivity index (χ3n) is 7.63. The molecule has 4 aliphatic rings. The van der Waals surface area contributed by atoms with Crippen LogP contribution in [0.1, 0.15) is 12.0 Å². The van der Waals surface area contributed by atoms with E-state index in [0.717, 1.165) is 29.9 Å². The number of benzene rings is 2. The molecule has 32 heavy (non-hydrogen) atoms. The van der Waals surface area contributed by atoms with Gasteiger partial charge < -0.3 is 9.80 Å². The minimum absolute atomic E-state index is 0.0781. The molecule has 2 aromatic carbocycles. The van der Waals surface area contributed by atoms with Crippen molar-refractivity contribution in [2.45, 2.75) is 25.0 Å². The number of allylic oxidation sites excluding steroid dienone is 2. The summed E-state index contributed by atoms with van der Waals surface area (Å²) >= 11 is 0. The van der Waals surface area contributed by atoms with Crippen LogP contribution in [0.15, 0.2) is 91.3 Å². The van der Waals surface area contributed by atoms with Crippen molar-refractivity contribution >= 4 is 11.4 Å². The molecule has 0 N–H and O–H groups in total. The smallest absolute Gasteiger partial charge is 0.159 e. The summed E-state index contributed by atoms with van der Waals surface area (Å²) < 4.78 is 2.13. The Morgan fingerprint density at radius 2 is 1.84 bits per heavy atom. The summed E-state index contributed by atoms with van der Waals surface area (Å²) in [5, 5.41) is 4.81. The first-order valence-electron chi connectivity index (χ1n) is 11.1. The molecule has 1 aliphatic carbocycles. The summed E-state index contributed by atoms with van der Waals surface area (Å²) in [6.07, 6.45) is 7.13. The first-order chi connectivity index (χ1) is 15.6. The molecular formula is C27H27N5. The highest BCUT2D eigenvalue weighted by Crippen LogP contribution is 2.58. The molecule has 0 spiro atoms. The Morgan fingerprint density at radius 3 is 2.59 bits per heavy atom. The van der Waals surface area contributed by atoms with Crippen LogP contribution in [0.5, 0.6) is 0 Å². The van der Waals surface area contributed by atoms with Gasteiger partial charge in [0.05, 0.1) is 11.4 Å². The summed E-state index contributed by atoms with van der Waals surface area (Å²) in [7, 11) is 2.19. The number of fused-ring (bicyclic) bond motifs is 2. The summed E-state index contributed by atoms with van der Waals surface area (Å²) in [5.41, 5.74) is 6.85. The molecule has 3 aliphatic heterocycles. The van der Waals surface area contributed by atoms with Crippen molar-refractivity contribution in [1.82, 2.24) is 14.8 Å². The number of anilines is 2. The first-order valence-corrected chi connectivity index (χ1v) is 11.1. The van der Waals surface area contributed by atoms with Gasteiger partial charge in [0.25, 0.3) is 0 Å². The van der Waals surface area contributed by atoms with Gasteiger partial charge in [-0.15, -0.1) is 6.58 Å². The Hall–Kier alpha value is -3.60. The zero-order chi connectivity index (χ0) is 22.0. The van der Waals surface area contributed by atoms with Crippen molar-refractivity contribution in [2.75, 3.05) is 23.4 Å². The molecule has 1 saturated carbocycles. The molecule has 3 aromatic rings. The van der Waals surface area contributed by atoms with E-state index in [1.54, 1.807) is 6.33 Å². The predicted octanol–water partition coefficient (Wildman–Crippen LogP) is 4.93. The average Bonchev–Trinajstić information content (AvgIpc) is 3.37. The fraction of sp³-hybridized carbons (Fsp3) is 0.259. The zero-order valence-electron chi connectivity index (χ0n) is 18.6. The maximum Gasteiger partial charge on any atom is 0.159 e. The van der Waals surface area contributed by atoms with Crippen molar-refractivity contribution < 1.29 is 0 Å². The third-order valence-corrected chi connectivity index (χ3v) is 7.63. The number of aryl methyl sites for hydroxylation is 1. The van der Waals surface area contributed by atoms with Crippen LogP contribution in [0.25, 0.3) is 11.4 Å². The highest BCUT2D eigenvalue weighted by Gasteiger charge is 2.58. The van der Waals surface area contributed by atoms with Gasteiger partial charge in [0, 0.05) is 31.5 Å². The zero-order valence-corrected chi connectivity index (χ0v) is 18.6. The van der Waals surface area contributed by atoms with Gasteiger partial charge in [-0.05, 0) is 35.8 Å². The summed E-state index contributed by atoms with van der Waals surface area (Å²) in [4.78, 5) is 9.60. The Balaban J connectivity index is 1.56. The van der Waals surface area contributed by atoms with E-state index in [0.29, 0.717) is 0 Å². The second-order valence-electron chi connectivity index (χ2n) is 9.05. The normalized spacial score (nSPS) is 25.9. The minimum atomic E-state index is -0.401. The Bertz CT molecular complexity index is 1280. The van der Waals surface area contributed by atoms with Crippen molar-refractivity contribution in [2.24, 2.45) is 5.92 Å². The average molecular weight is 422 g/mol. The van der Waals surface area contributed by atoms with Crippen LogP contribution in [-0.4, -0.2) is 34.5 Å².